The van der Waals surface area contributed by atoms with Crippen LogP contribution in [0.3, 0.4) is 0 Å². The molecule has 14 heavy (non-hydrogen) atoms. The number of aryl methyl sites for hydroxylation is 1. The third-order valence-electron chi connectivity index (χ3n) is 2.05. The van der Waals surface area contributed by atoms with Crippen LogP contribution in [0, 0.1) is 13.3 Å². The second-order valence-corrected chi connectivity index (χ2v) is 4.45. The van der Waals surface area contributed by atoms with E-state index in [4.69, 9.17) is 4.74 Å². The smallest absolute Gasteiger partial charge is 0.0771 e. The SMILES string of the molecule is Cc1ccc(SC2C[CH-]CO2)cc1.[Cd]. The van der Waals surface area contributed by atoms with Gasteiger partial charge in [-0.3, -0.25) is 6.42 Å². The zero-order valence-corrected chi connectivity index (χ0v) is 13.3. The molecule has 1 aliphatic heterocycles. The van der Waals surface area contributed by atoms with E-state index in [1.807, 2.05) is 0 Å². The Morgan fingerprint density at radius 1 is 1.36 bits per heavy atom. The summed E-state index contributed by atoms with van der Waals surface area (Å²) in [6.45, 7) is 2.91. The van der Waals surface area contributed by atoms with Gasteiger partial charge in [-0.2, -0.15) is 0 Å². The van der Waals surface area contributed by atoms with Crippen molar-refractivity contribution in [1.29, 1.82) is 0 Å². The van der Waals surface area contributed by atoms with Gasteiger partial charge < -0.3 is 4.74 Å². The second kappa shape index (κ2) is 6.13. The molecule has 1 aliphatic rings. The van der Waals surface area contributed by atoms with E-state index in [-0.39, 0.29) is 27.3 Å². The maximum absolute atomic E-state index is 5.49. The molecule has 1 nitrogen and oxygen atoms in total. The van der Waals surface area contributed by atoms with Crippen LogP contribution in [-0.2, 0) is 32.0 Å². The third kappa shape index (κ3) is 3.55. The van der Waals surface area contributed by atoms with Crippen LogP contribution in [0.1, 0.15) is 12.0 Å². The minimum Gasteiger partial charge on any atom is -0.402 e. The van der Waals surface area contributed by atoms with Crippen molar-refractivity contribution in [2.24, 2.45) is 0 Å². The Kier molecular flexibility index (Phi) is 5.48. The molecule has 1 unspecified atom stereocenters. The average molecular weight is 306 g/mol. The van der Waals surface area contributed by atoms with Crippen molar-refractivity contribution in [2.75, 3.05) is 6.61 Å². The van der Waals surface area contributed by atoms with E-state index in [0.717, 1.165) is 13.0 Å². The first-order chi connectivity index (χ1) is 6.34. The van der Waals surface area contributed by atoms with Crippen molar-refractivity contribution in [2.45, 2.75) is 23.7 Å². The molecule has 0 aliphatic carbocycles. The van der Waals surface area contributed by atoms with Crippen LogP contribution in [0.2, 0.25) is 0 Å². The largest absolute Gasteiger partial charge is 0.402 e. The van der Waals surface area contributed by atoms with Gasteiger partial charge in [0.25, 0.3) is 0 Å². The Balaban J connectivity index is 0.000000980. The molecule has 72 valence electrons. The van der Waals surface area contributed by atoms with Crippen LogP contribution in [-0.4, -0.2) is 12.0 Å². The molecule has 0 radical (unpaired) electrons. The van der Waals surface area contributed by atoms with Gasteiger partial charge in [0.2, 0.25) is 0 Å². The molecule has 1 aromatic rings. The van der Waals surface area contributed by atoms with Crippen LogP contribution in [0.4, 0.5) is 0 Å². The van der Waals surface area contributed by atoms with Crippen molar-refractivity contribution in [3.05, 3.63) is 36.2 Å². The number of thioether (sulfide) groups is 1. The van der Waals surface area contributed by atoms with Gasteiger partial charge in [-0.25, -0.2) is 0 Å². The van der Waals surface area contributed by atoms with Crippen molar-refractivity contribution >= 4 is 11.8 Å². The van der Waals surface area contributed by atoms with Gasteiger partial charge in [-0.15, -0.1) is 6.42 Å². The quantitative estimate of drug-likeness (QED) is 0.613. The predicted octanol–water partition coefficient (Wildman–Crippen LogP) is 3.04. The van der Waals surface area contributed by atoms with E-state index >= 15 is 0 Å². The number of hydrogen-bond acceptors (Lipinski definition) is 2. The molecular formula is C11H13CdOS-. The first kappa shape index (κ1) is 12.5. The van der Waals surface area contributed by atoms with Crippen molar-refractivity contribution < 1.29 is 32.0 Å². The van der Waals surface area contributed by atoms with Gasteiger partial charge in [-0.05, 0) is 19.1 Å². The molecule has 0 N–H and O–H groups in total. The zero-order valence-electron chi connectivity index (χ0n) is 8.40. The summed E-state index contributed by atoms with van der Waals surface area (Å²) >= 11 is 1.81. The summed E-state index contributed by atoms with van der Waals surface area (Å²) in [4.78, 5) is 1.30. The summed E-state index contributed by atoms with van der Waals surface area (Å²) in [7, 11) is 0. The molecular weight excluding hydrogens is 293 g/mol. The molecule has 1 atom stereocenters. The summed E-state index contributed by atoms with van der Waals surface area (Å²) in [6.07, 6.45) is 3.25. The van der Waals surface area contributed by atoms with Gasteiger partial charge in [0, 0.05) is 32.2 Å². The summed E-state index contributed by atoms with van der Waals surface area (Å²) < 4.78 is 5.49. The normalized spacial score (nSPS) is 20.5. The maximum Gasteiger partial charge on any atom is 0.0771 e. The van der Waals surface area contributed by atoms with E-state index in [2.05, 4.69) is 37.6 Å². The zero-order chi connectivity index (χ0) is 9.10. The minimum atomic E-state index is 0. The molecule has 1 aromatic carbocycles. The second-order valence-electron chi connectivity index (χ2n) is 3.22. The molecule has 2 rings (SSSR count). The van der Waals surface area contributed by atoms with E-state index in [9.17, 15) is 0 Å². The summed E-state index contributed by atoms with van der Waals surface area (Å²) in [5.74, 6) is 0. The number of hydrogen-bond donors (Lipinski definition) is 0. The molecule has 1 heterocycles. The molecule has 1 fully saturated rings. The Labute approximate surface area is 110 Å². The van der Waals surface area contributed by atoms with E-state index in [1.54, 1.807) is 11.8 Å². The van der Waals surface area contributed by atoms with E-state index in [0.29, 0.717) is 5.44 Å². The molecule has 0 aromatic heterocycles. The first-order valence-electron chi connectivity index (χ1n) is 4.51. The summed E-state index contributed by atoms with van der Waals surface area (Å²) in [5.41, 5.74) is 1.64. The molecule has 0 spiro atoms. The predicted molar refractivity (Wildman–Crippen MR) is 55.7 cm³/mol. The third-order valence-corrected chi connectivity index (χ3v) is 3.18. The minimum absolute atomic E-state index is 0. The van der Waals surface area contributed by atoms with Crippen molar-refractivity contribution in [1.82, 2.24) is 0 Å². The van der Waals surface area contributed by atoms with Crippen LogP contribution in [0.15, 0.2) is 29.2 Å². The molecule has 0 amide bonds. The summed E-state index contributed by atoms with van der Waals surface area (Å²) in [6, 6.07) is 8.59. The number of rotatable bonds is 2. The molecule has 0 bridgehead atoms. The fourth-order valence-electron chi connectivity index (χ4n) is 1.30. The van der Waals surface area contributed by atoms with Crippen LogP contribution in [0.5, 0.6) is 0 Å². The molecule has 3 heteroatoms. The topological polar surface area (TPSA) is 9.23 Å². The Hall–Kier alpha value is 0.452. The van der Waals surface area contributed by atoms with Gasteiger partial charge >= 0.3 is 0 Å². The standard InChI is InChI=1S/C11H13OS.Cd/c1-9-4-6-10(7-5-9)13-11-3-2-8-12-11;/h2,4-7,11H,3,8H2,1H3;/q-1;. The fraction of sp³-hybridized carbons (Fsp3) is 0.364. The van der Waals surface area contributed by atoms with Gasteiger partial charge in [0.05, 0.1) is 5.44 Å². The monoisotopic (exact) mass is 307 g/mol. The van der Waals surface area contributed by atoms with Crippen molar-refractivity contribution in [3.63, 3.8) is 0 Å². The van der Waals surface area contributed by atoms with Gasteiger partial charge in [-0.1, -0.05) is 36.1 Å². The van der Waals surface area contributed by atoms with E-state index < -0.39 is 0 Å². The Morgan fingerprint density at radius 3 is 2.64 bits per heavy atom. The van der Waals surface area contributed by atoms with Crippen LogP contribution in [0.25, 0.3) is 0 Å². The molecule has 0 saturated carbocycles. The fourth-order valence-corrected chi connectivity index (χ4v) is 2.27. The maximum atomic E-state index is 5.49. The summed E-state index contributed by atoms with van der Waals surface area (Å²) in [5, 5.41) is 0. The first-order valence-corrected chi connectivity index (χ1v) is 5.39. The number of benzene rings is 1. The molecule has 1 saturated heterocycles. The average Bonchev–Trinajstić information content (AvgIpc) is 2.62. The number of ether oxygens (including phenoxy) is 1. The Morgan fingerprint density at radius 2 is 2.07 bits per heavy atom. The van der Waals surface area contributed by atoms with Crippen LogP contribution >= 0.6 is 11.8 Å². The Bertz CT molecular complexity index is 267. The van der Waals surface area contributed by atoms with Crippen LogP contribution < -0.4 is 0 Å². The van der Waals surface area contributed by atoms with Gasteiger partial charge in [0.1, 0.15) is 0 Å². The van der Waals surface area contributed by atoms with Crippen molar-refractivity contribution in [3.8, 4) is 0 Å². The van der Waals surface area contributed by atoms with Gasteiger partial charge in [0.15, 0.2) is 0 Å². The van der Waals surface area contributed by atoms with E-state index in [1.165, 1.54) is 10.5 Å².